The highest BCUT2D eigenvalue weighted by Gasteiger charge is 2.27. The van der Waals surface area contributed by atoms with Gasteiger partial charge in [-0.3, -0.25) is 10.1 Å². The lowest BCUT2D eigenvalue weighted by Crippen LogP contribution is -2.17. The van der Waals surface area contributed by atoms with E-state index >= 15 is 0 Å². The van der Waals surface area contributed by atoms with Gasteiger partial charge in [-0.05, 0) is 29.0 Å². The van der Waals surface area contributed by atoms with Crippen molar-refractivity contribution in [1.82, 2.24) is 4.98 Å². The Morgan fingerprint density at radius 2 is 1.56 bits per heavy atom. The zero-order valence-electron chi connectivity index (χ0n) is 16.5. The first-order valence-corrected chi connectivity index (χ1v) is 8.81. The molecule has 1 heterocycles. The van der Waals surface area contributed by atoms with Gasteiger partial charge in [0.25, 0.3) is 5.69 Å². The molecule has 0 spiro atoms. The summed E-state index contributed by atoms with van der Waals surface area (Å²) in [4.78, 5) is 15.0. The Labute approximate surface area is 158 Å². The number of oxazole rings is 1. The number of phenols is 1. The van der Waals surface area contributed by atoms with Crippen LogP contribution in [0.3, 0.4) is 0 Å². The summed E-state index contributed by atoms with van der Waals surface area (Å²) in [7, 11) is 0. The van der Waals surface area contributed by atoms with E-state index in [1.807, 2.05) is 53.7 Å². The van der Waals surface area contributed by atoms with Gasteiger partial charge >= 0.3 is 0 Å². The lowest BCUT2D eigenvalue weighted by molar-refractivity contribution is -0.384. The summed E-state index contributed by atoms with van der Waals surface area (Å²) in [6, 6.07) is 8.11. The first-order chi connectivity index (χ1) is 12.4. The molecule has 0 atom stereocenters. The first kappa shape index (κ1) is 18.9. The van der Waals surface area contributed by atoms with Crippen LogP contribution in [-0.4, -0.2) is 15.0 Å². The van der Waals surface area contributed by atoms with Crippen LogP contribution in [0.15, 0.2) is 34.7 Å². The van der Waals surface area contributed by atoms with E-state index in [-0.39, 0.29) is 22.3 Å². The van der Waals surface area contributed by atoms with Gasteiger partial charge in [-0.25, -0.2) is 4.98 Å². The Hall–Kier alpha value is -2.89. The number of non-ortho nitro benzene ring substituents is 1. The van der Waals surface area contributed by atoms with E-state index in [2.05, 4.69) is 4.98 Å². The number of phenolic OH excluding ortho intramolecular Hbond substituents is 1. The van der Waals surface area contributed by atoms with Crippen LogP contribution in [0, 0.1) is 10.1 Å². The van der Waals surface area contributed by atoms with Gasteiger partial charge < -0.3 is 9.52 Å². The van der Waals surface area contributed by atoms with E-state index in [0.29, 0.717) is 17.0 Å². The van der Waals surface area contributed by atoms with Crippen molar-refractivity contribution in [3.05, 3.63) is 51.6 Å². The molecule has 142 valence electrons. The van der Waals surface area contributed by atoms with Crippen LogP contribution in [0.5, 0.6) is 5.75 Å². The van der Waals surface area contributed by atoms with Crippen molar-refractivity contribution in [2.45, 2.75) is 52.4 Å². The highest BCUT2D eigenvalue weighted by Crippen LogP contribution is 2.42. The maximum absolute atomic E-state index is 11.0. The van der Waals surface area contributed by atoms with Gasteiger partial charge in [0.05, 0.1) is 4.92 Å². The lowest BCUT2D eigenvalue weighted by atomic mass is 9.78. The van der Waals surface area contributed by atoms with E-state index in [0.717, 1.165) is 16.7 Å². The van der Waals surface area contributed by atoms with Gasteiger partial charge in [0, 0.05) is 28.8 Å². The highest BCUT2D eigenvalue weighted by atomic mass is 16.6. The van der Waals surface area contributed by atoms with Crippen molar-refractivity contribution in [1.29, 1.82) is 0 Å². The van der Waals surface area contributed by atoms with Crippen molar-refractivity contribution in [3.63, 3.8) is 0 Å². The van der Waals surface area contributed by atoms with E-state index in [1.54, 1.807) is 6.07 Å². The molecule has 0 fully saturated rings. The molecular weight excluding hydrogens is 344 g/mol. The van der Waals surface area contributed by atoms with Crippen LogP contribution < -0.4 is 0 Å². The smallest absolute Gasteiger partial charge is 0.271 e. The standard InChI is InChI=1S/C21H24N2O4/c1-20(2,3)14-9-12(10-15(18(14)24)21(4,5)6)19-22-16-11-13(23(25)26)7-8-17(16)27-19/h7-11,24H,1-6H3. The molecule has 6 heteroatoms. The Kier molecular flexibility index (Phi) is 4.25. The number of hydrogen-bond donors (Lipinski definition) is 1. The van der Waals surface area contributed by atoms with Gasteiger partial charge in [0.2, 0.25) is 5.89 Å². The number of fused-ring (bicyclic) bond motifs is 1. The van der Waals surface area contributed by atoms with E-state index in [9.17, 15) is 15.2 Å². The monoisotopic (exact) mass is 368 g/mol. The minimum atomic E-state index is -0.455. The molecular formula is C21H24N2O4. The SMILES string of the molecule is CC(C)(C)c1cc(-c2nc3cc([N+](=O)[O-])ccc3o2)cc(C(C)(C)C)c1O. The Morgan fingerprint density at radius 1 is 1.00 bits per heavy atom. The third-order valence-corrected chi connectivity index (χ3v) is 4.55. The van der Waals surface area contributed by atoms with E-state index in [4.69, 9.17) is 4.42 Å². The zero-order valence-corrected chi connectivity index (χ0v) is 16.5. The molecule has 3 rings (SSSR count). The minimum absolute atomic E-state index is 0.0289. The molecule has 0 aliphatic rings. The summed E-state index contributed by atoms with van der Waals surface area (Å²) in [6.07, 6.45) is 0. The number of nitrogens with zero attached hydrogens (tertiary/aromatic N) is 2. The van der Waals surface area contributed by atoms with Gasteiger partial charge in [0.15, 0.2) is 5.58 Å². The molecule has 0 amide bonds. The van der Waals surface area contributed by atoms with E-state index < -0.39 is 4.92 Å². The Morgan fingerprint density at radius 3 is 2.04 bits per heavy atom. The van der Waals surface area contributed by atoms with Crippen LogP contribution in [0.4, 0.5) is 5.69 Å². The van der Waals surface area contributed by atoms with Gasteiger partial charge in [-0.2, -0.15) is 0 Å². The second-order valence-corrected chi connectivity index (χ2v) is 8.85. The van der Waals surface area contributed by atoms with Crippen LogP contribution in [-0.2, 0) is 10.8 Å². The lowest BCUT2D eigenvalue weighted by Gasteiger charge is -2.27. The summed E-state index contributed by atoms with van der Waals surface area (Å²) in [5.41, 5.74) is 2.69. The van der Waals surface area contributed by atoms with Gasteiger partial charge in [-0.1, -0.05) is 41.5 Å². The molecule has 0 unspecified atom stereocenters. The molecule has 0 saturated heterocycles. The molecule has 0 radical (unpaired) electrons. The number of nitro benzene ring substituents is 1. The summed E-state index contributed by atoms with van der Waals surface area (Å²) < 4.78 is 5.85. The fourth-order valence-electron chi connectivity index (χ4n) is 3.05. The molecule has 0 saturated carbocycles. The number of rotatable bonds is 2. The number of benzene rings is 2. The van der Waals surface area contributed by atoms with Gasteiger partial charge in [-0.15, -0.1) is 0 Å². The van der Waals surface area contributed by atoms with Crippen molar-refractivity contribution in [2.24, 2.45) is 0 Å². The van der Waals surface area contributed by atoms with Crippen LogP contribution >= 0.6 is 0 Å². The average molecular weight is 368 g/mol. The fourth-order valence-corrected chi connectivity index (χ4v) is 3.05. The second-order valence-electron chi connectivity index (χ2n) is 8.85. The fraction of sp³-hybridized carbons (Fsp3) is 0.381. The zero-order chi connectivity index (χ0) is 20.1. The highest BCUT2D eigenvalue weighted by molar-refractivity contribution is 5.79. The normalized spacial score (nSPS) is 12.5. The molecule has 0 bridgehead atoms. The summed E-state index contributed by atoms with van der Waals surface area (Å²) in [5, 5.41) is 21.8. The van der Waals surface area contributed by atoms with Crippen molar-refractivity contribution >= 4 is 16.8 Å². The third kappa shape index (κ3) is 3.52. The Balaban J connectivity index is 2.24. The van der Waals surface area contributed by atoms with Crippen molar-refractivity contribution in [2.75, 3.05) is 0 Å². The number of aromatic hydroxyl groups is 1. The third-order valence-electron chi connectivity index (χ3n) is 4.55. The van der Waals surface area contributed by atoms with Crippen LogP contribution in [0.2, 0.25) is 0 Å². The van der Waals surface area contributed by atoms with Crippen molar-refractivity contribution < 1.29 is 14.4 Å². The number of hydrogen-bond acceptors (Lipinski definition) is 5. The molecule has 0 aliphatic heterocycles. The topological polar surface area (TPSA) is 89.4 Å². The maximum Gasteiger partial charge on any atom is 0.271 e. The van der Waals surface area contributed by atoms with Gasteiger partial charge in [0.1, 0.15) is 11.3 Å². The molecule has 0 aliphatic carbocycles. The molecule has 1 N–H and O–H groups in total. The summed E-state index contributed by atoms with van der Waals surface area (Å²) in [6.45, 7) is 12.2. The molecule has 1 aromatic heterocycles. The molecule has 6 nitrogen and oxygen atoms in total. The van der Waals surface area contributed by atoms with Crippen LogP contribution in [0.25, 0.3) is 22.6 Å². The predicted molar refractivity (Wildman–Crippen MR) is 105 cm³/mol. The van der Waals surface area contributed by atoms with Crippen LogP contribution in [0.1, 0.15) is 52.7 Å². The first-order valence-electron chi connectivity index (χ1n) is 8.81. The molecule has 3 aromatic rings. The van der Waals surface area contributed by atoms with E-state index in [1.165, 1.54) is 12.1 Å². The molecule has 2 aromatic carbocycles. The second kappa shape index (κ2) is 6.08. The summed E-state index contributed by atoms with van der Waals surface area (Å²) in [5.74, 6) is 0.659. The maximum atomic E-state index is 11.0. The largest absolute Gasteiger partial charge is 0.507 e. The quantitative estimate of drug-likeness (QED) is 0.462. The van der Waals surface area contributed by atoms with Crippen molar-refractivity contribution in [3.8, 4) is 17.2 Å². The molecule has 27 heavy (non-hydrogen) atoms. The average Bonchev–Trinajstić information content (AvgIpc) is 2.95. The summed E-state index contributed by atoms with van der Waals surface area (Å²) >= 11 is 0. The number of aromatic nitrogens is 1. The minimum Gasteiger partial charge on any atom is -0.507 e. The Bertz CT molecular complexity index is 1000. The number of nitro groups is 1. The predicted octanol–water partition coefficient (Wildman–Crippen LogP) is 5.70.